The van der Waals surface area contributed by atoms with E-state index in [1.165, 1.54) is 0 Å². The Hall–Kier alpha value is -2.04. The second-order valence-corrected chi connectivity index (χ2v) is 3.85. The first-order chi connectivity index (χ1) is 10.3. The molecule has 0 aromatic heterocycles. The van der Waals surface area contributed by atoms with E-state index in [2.05, 4.69) is 0 Å². The Bertz CT molecular complexity index is 380. The minimum absolute atomic E-state index is 0.230. The summed E-state index contributed by atoms with van der Waals surface area (Å²) in [6.07, 6.45) is 0. The lowest BCUT2D eigenvalue weighted by Crippen LogP contribution is -2.05. The Labute approximate surface area is 127 Å². The fourth-order valence-electron chi connectivity index (χ4n) is 1.20. The molecule has 0 heterocycles. The molecule has 4 N–H and O–H groups in total. The zero-order valence-corrected chi connectivity index (χ0v) is 12.9. The standard InChI is InChI=1S/C13H12O2.2C2H7N/c1-3-7-12(8-4-1)14-11-15-13-9-5-2-6-10-13;2*1-2-3/h1-10H,11H2;2*2-3H2,1H3. The zero-order valence-electron chi connectivity index (χ0n) is 12.9. The highest BCUT2D eigenvalue weighted by atomic mass is 16.7. The van der Waals surface area contributed by atoms with Crippen molar-refractivity contribution in [2.24, 2.45) is 11.5 Å². The largest absolute Gasteiger partial charge is 0.458 e. The fourth-order valence-corrected chi connectivity index (χ4v) is 1.20. The van der Waals surface area contributed by atoms with Gasteiger partial charge < -0.3 is 20.9 Å². The van der Waals surface area contributed by atoms with E-state index in [4.69, 9.17) is 20.9 Å². The molecule has 21 heavy (non-hydrogen) atoms. The third kappa shape index (κ3) is 11.5. The summed E-state index contributed by atoms with van der Waals surface area (Å²) in [5.41, 5.74) is 9.69. The fraction of sp³-hybridized carbons (Fsp3) is 0.294. The molecule has 0 amide bonds. The SMILES string of the molecule is CCN.CCN.c1ccc(OCOc2ccccc2)cc1. The molecule has 2 aromatic carbocycles. The van der Waals surface area contributed by atoms with Gasteiger partial charge in [-0.25, -0.2) is 0 Å². The van der Waals surface area contributed by atoms with Crippen molar-refractivity contribution in [1.82, 2.24) is 0 Å². The number of hydrogen-bond acceptors (Lipinski definition) is 4. The molecule has 0 aliphatic heterocycles. The van der Waals surface area contributed by atoms with Gasteiger partial charge in [-0.2, -0.15) is 0 Å². The monoisotopic (exact) mass is 290 g/mol. The number of rotatable bonds is 4. The number of para-hydroxylation sites is 2. The van der Waals surface area contributed by atoms with Crippen LogP contribution in [0.2, 0.25) is 0 Å². The van der Waals surface area contributed by atoms with Crippen molar-refractivity contribution in [3.8, 4) is 11.5 Å². The summed E-state index contributed by atoms with van der Waals surface area (Å²) in [6.45, 7) is 5.54. The van der Waals surface area contributed by atoms with Crippen LogP contribution in [0.15, 0.2) is 60.7 Å². The Balaban J connectivity index is 0.000000578. The summed E-state index contributed by atoms with van der Waals surface area (Å²) in [5, 5.41) is 0. The molecule has 2 rings (SSSR count). The van der Waals surface area contributed by atoms with E-state index in [1.54, 1.807) is 0 Å². The average molecular weight is 290 g/mol. The highest BCUT2D eigenvalue weighted by Crippen LogP contribution is 2.11. The minimum Gasteiger partial charge on any atom is -0.458 e. The predicted octanol–water partition coefficient (Wildman–Crippen LogP) is 3.03. The Kier molecular flexibility index (Phi) is 13.0. The Morgan fingerprint density at radius 3 is 1.24 bits per heavy atom. The molecule has 0 spiro atoms. The molecule has 0 radical (unpaired) electrons. The van der Waals surface area contributed by atoms with Gasteiger partial charge in [0.05, 0.1) is 0 Å². The first-order valence-electron chi connectivity index (χ1n) is 7.04. The van der Waals surface area contributed by atoms with E-state index < -0.39 is 0 Å². The van der Waals surface area contributed by atoms with Crippen LogP contribution in [0.5, 0.6) is 11.5 Å². The van der Waals surface area contributed by atoms with Crippen molar-refractivity contribution in [1.29, 1.82) is 0 Å². The summed E-state index contributed by atoms with van der Waals surface area (Å²) in [4.78, 5) is 0. The van der Waals surface area contributed by atoms with Crippen LogP contribution >= 0.6 is 0 Å². The summed E-state index contributed by atoms with van der Waals surface area (Å²) in [5.74, 6) is 1.63. The lowest BCUT2D eigenvalue weighted by atomic mass is 10.3. The van der Waals surface area contributed by atoms with Crippen LogP contribution in [0.25, 0.3) is 0 Å². The van der Waals surface area contributed by atoms with Gasteiger partial charge in [-0.3, -0.25) is 0 Å². The smallest absolute Gasteiger partial charge is 0.230 e. The van der Waals surface area contributed by atoms with E-state index in [0.29, 0.717) is 0 Å². The molecule has 0 aliphatic rings. The number of nitrogens with two attached hydrogens (primary N) is 2. The first-order valence-corrected chi connectivity index (χ1v) is 7.04. The molecule has 0 fully saturated rings. The molecular weight excluding hydrogens is 264 g/mol. The summed E-state index contributed by atoms with van der Waals surface area (Å²) in [7, 11) is 0. The normalized spacial score (nSPS) is 8.57. The van der Waals surface area contributed by atoms with Crippen LogP contribution in [-0.4, -0.2) is 19.9 Å². The molecule has 4 heteroatoms. The van der Waals surface area contributed by atoms with Gasteiger partial charge in [0, 0.05) is 0 Å². The molecule has 0 unspecified atom stereocenters. The average Bonchev–Trinajstić information content (AvgIpc) is 2.51. The molecule has 0 bridgehead atoms. The van der Waals surface area contributed by atoms with Crippen molar-refractivity contribution < 1.29 is 9.47 Å². The molecule has 0 saturated carbocycles. The maximum Gasteiger partial charge on any atom is 0.230 e. The number of benzene rings is 2. The molecule has 0 saturated heterocycles. The molecule has 0 aliphatic carbocycles. The predicted molar refractivity (Wildman–Crippen MR) is 88.5 cm³/mol. The maximum absolute atomic E-state index is 5.39. The zero-order chi connectivity index (χ0) is 15.8. The lowest BCUT2D eigenvalue weighted by molar-refractivity contribution is 0.120. The van der Waals surface area contributed by atoms with Gasteiger partial charge in [0.2, 0.25) is 6.79 Å². The van der Waals surface area contributed by atoms with E-state index in [1.807, 2.05) is 74.5 Å². The summed E-state index contributed by atoms with van der Waals surface area (Å²) in [6, 6.07) is 19.2. The molecule has 116 valence electrons. The highest BCUT2D eigenvalue weighted by molar-refractivity contribution is 5.22. The van der Waals surface area contributed by atoms with Crippen molar-refractivity contribution in [3.63, 3.8) is 0 Å². The van der Waals surface area contributed by atoms with Crippen molar-refractivity contribution in [2.45, 2.75) is 13.8 Å². The molecule has 0 atom stereocenters. The topological polar surface area (TPSA) is 70.5 Å². The van der Waals surface area contributed by atoms with Crippen LogP contribution in [0, 0.1) is 0 Å². The minimum atomic E-state index is 0.230. The van der Waals surface area contributed by atoms with Crippen LogP contribution < -0.4 is 20.9 Å². The van der Waals surface area contributed by atoms with Crippen LogP contribution in [-0.2, 0) is 0 Å². The van der Waals surface area contributed by atoms with Gasteiger partial charge in [-0.05, 0) is 37.4 Å². The maximum atomic E-state index is 5.39. The quantitative estimate of drug-likeness (QED) is 0.849. The highest BCUT2D eigenvalue weighted by Gasteiger charge is 1.92. The Morgan fingerprint density at radius 2 is 0.952 bits per heavy atom. The van der Waals surface area contributed by atoms with Crippen LogP contribution in [0.3, 0.4) is 0 Å². The van der Waals surface area contributed by atoms with Gasteiger partial charge >= 0.3 is 0 Å². The van der Waals surface area contributed by atoms with Gasteiger partial charge in [-0.1, -0.05) is 50.2 Å². The molecule has 4 nitrogen and oxygen atoms in total. The van der Waals surface area contributed by atoms with E-state index in [0.717, 1.165) is 24.6 Å². The van der Waals surface area contributed by atoms with Crippen LogP contribution in [0.4, 0.5) is 0 Å². The third-order valence-electron chi connectivity index (χ3n) is 1.94. The van der Waals surface area contributed by atoms with Crippen molar-refractivity contribution in [3.05, 3.63) is 60.7 Å². The van der Waals surface area contributed by atoms with Gasteiger partial charge in [0.15, 0.2) is 0 Å². The first kappa shape index (κ1) is 19.0. The number of ether oxygens (including phenoxy) is 2. The molecule has 2 aromatic rings. The van der Waals surface area contributed by atoms with E-state index in [-0.39, 0.29) is 6.79 Å². The third-order valence-corrected chi connectivity index (χ3v) is 1.94. The summed E-state index contributed by atoms with van der Waals surface area (Å²) >= 11 is 0. The van der Waals surface area contributed by atoms with E-state index >= 15 is 0 Å². The second-order valence-electron chi connectivity index (χ2n) is 3.85. The lowest BCUT2D eigenvalue weighted by Gasteiger charge is -2.07. The van der Waals surface area contributed by atoms with Crippen molar-refractivity contribution in [2.75, 3.05) is 19.9 Å². The van der Waals surface area contributed by atoms with Gasteiger partial charge in [0.1, 0.15) is 11.5 Å². The Morgan fingerprint density at radius 1 is 0.667 bits per heavy atom. The van der Waals surface area contributed by atoms with Crippen molar-refractivity contribution >= 4 is 0 Å². The van der Waals surface area contributed by atoms with Gasteiger partial charge in [0.25, 0.3) is 0 Å². The summed E-state index contributed by atoms with van der Waals surface area (Å²) < 4.78 is 10.8. The number of hydrogen-bond donors (Lipinski definition) is 2. The van der Waals surface area contributed by atoms with Crippen LogP contribution in [0.1, 0.15) is 13.8 Å². The van der Waals surface area contributed by atoms with Gasteiger partial charge in [-0.15, -0.1) is 0 Å². The molecular formula is C17H26N2O2. The van der Waals surface area contributed by atoms with E-state index in [9.17, 15) is 0 Å². The second kappa shape index (κ2) is 14.4.